The zero-order valence-corrected chi connectivity index (χ0v) is 17.0. The Hall–Kier alpha value is -3.88. The third kappa shape index (κ3) is 5.39. The van der Waals surface area contributed by atoms with Gasteiger partial charge in [0, 0.05) is 24.9 Å². The monoisotopic (exact) mass is 420 g/mol. The molecule has 1 amide bonds. The Morgan fingerprint density at radius 1 is 1.19 bits per heavy atom. The van der Waals surface area contributed by atoms with Crippen LogP contribution in [0, 0.1) is 12.7 Å². The second-order valence-corrected chi connectivity index (χ2v) is 7.17. The Bertz CT molecular complexity index is 1170. The van der Waals surface area contributed by atoms with Gasteiger partial charge in [0.1, 0.15) is 18.5 Å². The van der Waals surface area contributed by atoms with Gasteiger partial charge in [0.05, 0.1) is 6.54 Å². The molecule has 31 heavy (non-hydrogen) atoms. The van der Waals surface area contributed by atoms with Gasteiger partial charge in [-0.05, 0) is 29.7 Å². The minimum atomic E-state index is -0.325. The largest absolute Gasteiger partial charge is 0.352 e. The van der Waals surface area contributed by atoms with Gasteiger partial charge in [-0.25, -0.2) is 14.1 Å². The highest BCUT2D eigenvalue weighted by molar-refractivity contribution is 5.76. The second kappa shape index (κ2) is 9.29. The molecule has 1 N–H and O–H groups in total. The molecule has 0 fully saturated rings. The number of rotatable bonds is 8. The van der Waals surface area contributed by atoms with Crippen LogP contribution < -0.4 is 5.32 Å². The van der Waals surface area contributed by atoms with E-state index in [1.54, 1.807) is 30.1 Å². The summed E-state index contributed by atoms with van der Waals surface area (Å²) in [6, 6.07) is 12.7. The second-order valence-electron chi connectivity index (χ2n) is 7.17. The molecule has 0 unspecified atom stereocenters. The molecule has 0 aliphatic rings. The molecule has 0 saturated carbocycles. The number of hydrogen-bond acceptors (Lipinski definition) is 6. The molecule has 158 valence electrons. The van der Waals surface area contributed by atoms with Crippen LogP contribution in [0.3, 0.4) is 0 Å². The maximum Gasteiger partial charge on any atom is 0.227 e. The summed E-state index contributed by atoms with van der Waals surface area (Å²) in [5.74, 6) is 0.191. The molecule has 2 heterocycles. The maximum absolute atomic E-state index is 13.7. The molecule has 0 bridgehead atoms. The van der Waals surface area contributed by atoms with Crippen molar-refractivity contribution in [3.05, 3.63) is 83.5 Å². The SMILES string of the molecule is Cc1ccc(-c2noc(CCC(=O)NCc3cccc(Cn4cncn4)c3)n2)cc1F. The first-order valence-electron chi connectivity index (χ1n) is 9.83. The summed E-state index contributed by atoms with van der Waals surface area (Å²) in [5, 5.41) is 10.9. The van der Waals surface area contributed by atoms with E-state index < -0.39 is 0 Å². The quantitative estimate of drug-likeness (QED) is 0.470. The number of amides is 1. The fourth-order valence-electron chi connectivity index (χ4n) is 3.05. The number of aromatic nitrogens is 5. The van der Waals surface area contributed by atoms with E-state index in [-0.39, 0.29) is 18.1 Å². The van der Waals surface area contributed by atoms with Gasteiger partial charge in [0.15, 0.2) is 0 Å². The Morgan fingerprint density at radius 2 is 2.06 bits per heavy atom. The lowest BCUT2D eigenvalue weighted by atomic mass is 10.1. The van der Waals surface area contributed by atoms with E-state index in [4.69, 9.17) is 4.52 Å². The van der Waals surface area contributed by atoms with Crippen LogP contribution in [-0.4, -0.2) is 30.8 Å². The number of aryl methyl sites for hydroxylation is 2. The first-order chi connectivity index (χ1) is 15.1. The van der Waals surface area contributed by atoms with E-state index in [0.29, 0.717) is 42.4 Å². The smallest absolute Gasteiger partial charge is 0.227 e. The molecule has 0 aliphatic heterocycles. The van der Waals surface area contributed by atoms with Crippen LogP contribution >= 0.6 is 0 Å². The average molecular weight is 420 g/mol. The molecule has 4 rings (SSSR count). The molecule has 9 heteroatoms. The van der Waals surface area contributed by atoms with Crippen molar-refractivity contribution in [3.8, 4) is 11.4 Å². The van der Waals surface area contributed by atoms with Gasteiger partial charge in [-0.3, -0.25) is 4.79 Å². The fourth-order valence-corrected chi connectivity index (χ4v) is 3.05. The lowest BCUT2D eigenvalue weighted by Crippen LogP contribution is -2.23. The first kappa shape index (κ1) is 20.4. The molecule has 4 aromatic rings. The van der Waals surface area contributed by atoms with E-state index in [1.807, 2.05) is 24.3 Å². The fraction of sp³-hybridized carbons (Fsp3) is 0.227. The predicted molar refractivity (Wildman–Crippen MR) is 110 cm³/mol. The summed E-state index contributed by atoms with van der Waals surface area (Å²) in [5.41, 5.74) is 3.15. The Morgan fingerprint density at radius 3 is 2.87 bits per heavy atom. The van der Waals surface area contributed by atoms with Gasteiger partial charge in [0.2, 0.25) is 17.6 Å². The maximum atomic E-state index is 13.7. The molecule has 0 atom stereocenters. The molecule has 8 nitrogen and oxygen atoms in total. The van der Waals surface area contributed by atoms with Crippen LogP contribution in [0.25, 0.3) is 11.4 Å². The summed E-state index contributed by atoms with van der Waals surface area (Å²) in [7, 11) is 0. The molecule has 0 aliphatic carbocycles. The van der Waals surface area contributed by atoms with Crippen molar-refractivity contribution in [2.75, 3.05) is 0 Å². The summed E-state index contributed by atoms with van der Waals surface area (Å²) < 4.78 is 20.7. The summed E-state index contributed by atoms with van der Waals surface area (Å²) in [4.78, 5) is 20.4. The van der Waals surface area contributed by atoms with Crippen molar-refractivity contribution in [3.63, 3.8) is 0 Å². The molecule has 2 aromatic carbocycles. The van der Waals surface area contributed by atoms with Crippen LogP contribution in [0.15, 0.2) is 59.6 Å². The van der Waals surface area contributed by atoms with Crippen LogP contribution in [0.1, 0.15) is 29.0 Å². The van der Waals surface area contributed by atoms with Gasteiger partial charge < -0.3 is 9.84 Å². The van der Waals surface area contributed by atoms with Gasteiger partial charge in [-0.2, -0.15) is 10.1 Å². The van der Waals surface area contributed by atoms with E-state index >= 15 is 0 Å². The number of benzene rings is 2. The van der Waals surface area contributed by atoms with E-state index in [2.05, 4.69) is 25.5 Å². The lowest BCUT2D eigenvalue weighted by molar-refractivity contribution is -0.121. The van der Waals surface area contributed by atoms with Crippen molar-refractivity contribution in [2.45, 2.75) is 32.9 Å². The molecule has 0 saturated heterocycles. The van der Waals surface area contributed by atoms with Crippen molar-refractivity contribution in [2.24, 2.45) is 0 Å². The number of halogens is 1. The van der Waals surface area contributed by atoms with Crippen LogP contribution in [-0.2, 0) is 24.3 Å². The van der Waals surface area contributed by atoms with Crippen molar-refractivity contribution in [1.82, 2.24) is 30.2 Å². The van der Waals surface area contributed by atoms with Crippen LogP contribution in [0.4, 0.5) is 4.39 Å². The molecule has 0 spiro atoms. The average Bonchev–Trinajstić information content (AvgIpc) is 3.45. The van der Waals surface area contributed by atoms with Crippen molar-refractivity contribution >= 4 is 5.91 Å². The zero-order chi connectivity index (χ0) is 21.6. The van der Waals surface area contributed by atoms with Gasteiger partial charge in [0.25, 0.3) is 0 Å². The van der Waals surface area contributed by atoms with Gasteiger partial charge in [-0.15, -0.1) is 0 Å². The summed E-state index contributed by atoms with van der Waals surface area (Å²) >= 11 is 0. The predicted octanol–water partition coefficient (Wildman–Crippen LogP) is 3.07. The van der Waals surface area contributed by atoms with Crippen LogP contribution in [0.5, 0.6) is 0 Å². The minimum absolute atomic E-state index is 0.122. The Kier molecular flexibility index (Phi) is 6.11. The van der Waals surface area contributed by atoms with E-state index in [1.165, 1.54) is 12.4 Å². The number of carbonyl (C=O) groups is 1. The molecular weight excluding hydrogens is 399 g/mol. The molecular formula is C22H21FN6O2. The molecule has 2 aromatic heterocycles. The summed E-state index contributed by atoms with van der Waals surface area (Å²) in [6.07, 6.45) is 3.67. The standard InChI is InChI=1S/C22H21FN6O2/c1-15-5-6-18(10-19(15)23)22-27-21(31-28-22)8-7-20(30)25-11-16-3-2-4-17(9-16)12-29-14-24-13-26-29/h2-6,9-10,13-14H,7-8,11-12H2,1H3,(H,25,30). The lowest BCUT2D eigenvalue weighted by Gasteiger charge is -2.07. The summed E-state index contributed by atoms with van der Waals surface area (Å²) in [6.45, 7) is 2.72. The van der Waals surface area contributed by atoms with Gasteiger partial charge >= 0.3 is 0 Å². The normalized spacial score (nSPS) is 10.9. The van der Waals surface area contributed by atoms with Crippen LogP contribution in [0.2, 0.25) is 0 Å². The highest BCUT2D eigenvalue weighted by atomic mass is 19.1. The molecule has 0 radical (unpaired) electrons. The highest BCUT2D eigenvalue weighted by Gasteiger charge is 2.12. The van der Waals surface area contributed by atoms with E-state index in [0.717, 1.165) is 11.1 Å². The Labute approximate surface area is 178 Å². The minimum Gasteiger partial charge on any atom is -0.352 e. The Balaban J connectivity index is 1.27. The zero-order valence-electron chi connectivity index (χ0n) is 17.0. The first-order valence-corrected chi connectivity index (χ1v) is 9.83. The topological polar surface area (TPSA) is 98.7 Å². The van der Waals surface area contributed by atoms with E-state index in [9.17, 15) is 9.18 Å². The van der Waals surface area contributed by atoms with Crippen molar-refractivity contribution in [1.29, 1.82) is 0 Å². The van der Waals surface area contributed by atoms with Gasteiger partial charge in [-0.1, -0.05) is 41.6 Å². The number of carbonyl (C=O) groups excluding carboxylic acids is 1. The van der Waals surface area contributed by atoms with Crippen molar-refractivity contribution < 1.29 is 13.7 Å². The third-order valence-electron chi connectivity index (χ3n) is 4.76. The number of hydrogen-bond donors (Lipinski definition) is 1. The third-order valence-corrected chi connectivity index (χ3v) is 4.76. The number of nitrogens with zero attached hydrogens (tertiary/aromatic N) is 5. The highest BCUT2D eigenvalue weighted by Crippen LogP contribution is 2.19. The number of nitrogens with one attached hydrogen (secondary N) is 1.